The van der Waals surface area contributed by atoms with Gasteiger partial charge in [0.1, 0.15) is 43.4 Å². The zero-order chi connectivity index (χ0) is 45.1. The number of rotatable bonds is 19. The number of allylic oxidation sites excluding steroid dienone is 1. The van der Waals surface area contributed by atoms with E-state index in [1.165, 1.54) is 21.3 Å². The number of benzene rings is 6. The van der Waals surface area contributed by atoms with E-state index in [4.69, 9.17) is 23.7 Å². The monoisotopic (exact) mass is 850 g/mol. The summed E-state index contributed by atoms with van der Waals surface area (Å²) in [7, 11) is 4.10. The van der Waals surface area contributed by atoms with Gasteiger partial charge in [-0.2, -0.15) is 0 Å². The first-order valence-electron chi connectivity index (χ1n) is 20.3. The van der Waals surface area contributed by atoms with E-state index < -0.39 is 11.9 Å². The molecule has 0 radical (unpaired) electrons. The van der Waals surface area contributed by atoms with Gasteiger partial charge in [-0.3, -0.25) is 14.4 Å². The summed E-state index contributed by atoms with van der Waals surface area (Å²) < 4.78 is 31.3. The van der Waals surface area contributed by atoms with Crippen LogP contribution in [0.4, 0.5) is 0 Å². The molecule has 0 spiro atoms. The fourth-order valence-electron chi connectivity index (χ4n) is 6.04. The van der Waals surface area contributed by atoms with Crippen molar-refractivity contribution in [1.82, 2.24) is 0 Å². The third-order valence-corrected chi connectivity index (χ3v) is 9.52. The zero-order valence-corrected chi connectivity index (χ0v) is 35.9. The number of hydrogen-bond acceptors (Lipinski definition) is 10. The van der Waals surface area contributed by atoms with Crippen molar-refractivity contribution in [3.8, 4) is 17.2 Å². The summed E-state index contributed by atoms with van der Waals surface area (Å²) in [6.07, 6.45) is 3.39. The number of carbonyl (C=O) groups is 4. The van der Waals surface area contributed by atoms with Crippen LogP contribution in [0, 0.1) is 0 Å². The normalized spacial score (nSPS) is 11.0. The van der Waals surface area contributed by atoms with E-state index in [-0.39, 0.29) is 30.7 Å². The van der Waals surface area contributed by atoms with Gasteiger partial charge in [0.25, 0.3) is 0 Å². The number of aldehydes is 1. The minimum absolute atomic E-state index is 0.108. The van der Waals surface area contributed by atoms with Crippen LogP contribution in [0.1, 0.15) is 58.1 Å². The quantitative estimate of drug-likeness (QED) is 0.0337. The van der Waals surface area contributed by atoms with Crippen molar-refractivity contribution in [2.75, 3.05) is 21.3 Å². The van der Waals surface area contributed by atoms with E-state index in [9.17, 15) is 19.2 Å². The maximum atomic E-state index is 11.8. The molecule has 0 saturated heterocycles. The molecule has 2 atom stereocenters. The second-order valence-electron chi connectivity index (χ2n) is 13.9. The second kappa shape index (κ2) is 27.4. The van der Waals surface area contributed by atoms with Gasteiger partial charge in [0.15, 0.2) is 0 Å². The molecule has 326 valence electrons. The SMILES string of the molecule is C=CCC(C(=O)OC)c1ccc(OCc2ccccc2)cc1.COC(=O)C(CC=O)c1ccc(OCc2ccccc2)cc1.COC(=O)Cc1ccc(OCc2ccccc2)cc1. The Morgan fingerprint density at radius 3 is 1.13 bits per heavy atom. The van der Waals surface area contributed by atoms with Crippen molar-refractivity contribution < 1.29 is 47.6 Å². The van der Waals surface area contributed by atoms with Crippen molar-refractivity contribution >= 4 is 24.2 Å². The third-order valence-electron chi connectivity index (χ3n) is 9.52. The van der Waals surface area contributed by atoms with Gasteiger partial charge in [-0.25, -0.2) is 0 Å². The molecule has 6 aromatic rings. The molecule has 0 saturated carbocycles. The van der Waals surface area contributed by atoms with E-state index in [1.54, 1.807) is 30.3 Å². The Bertz CT molecular complexity index is 2130. The molecule has 10 nitrogen and oxygen atoms in total. The highest BCUT2D eigenvalue weighted by Crippen LogP contribution is 2.26. The lowest BCUT2D eigenvalue weighted by Gasteiger charge is -2.14. The fraction of sp³-hybridized carbons (Fsp3) is 0.208. The first kappa shape index (κ1) is 48.2. The zero-order valence-electron chi connectivity index (χ0n) is 35.9. The summed E-state index contributed by atoms with van der Waals surface area (Å²) in [6, 6.07) is 52.0. The van der Waals surface area contributed by atoms with Crippen molar-refractivity contribution in [1.29, 1.82) is 0 Å². The Morgan fingerprint density at radius 1 is 0.460 bits per heavy atom. The predicted molar refractivity (Wildman–Crippen MR) is 242 cm³/mol. The van der Waals surface area contributed by atoms with Crippen molar-refractivity contribution in [2.45, 2.75) is 50.9 Å². The molecule has 0 aromatic heterocycles. The van der Waals surface area contributed by atoms with Crippen LogP contribution < -0.4 is 14.2 Å². The highest BCUT2D eigenvalue weighted by molar-refractivity contribution is 5.81. The minimum atomic E-state index is -0.564. The van der Waals surface area contributed by atoms with Crippen molar-refractivity contribution in [3.05, 3.63) is 210 Å². The lowest BCUT2D eigenvalue weighted by Crippen LogP contribution is -2.14. The van der Waals surface area contributed by atoms with Crippen molar-refractivity contribution in [3.63, 3.8) is 0 Å². The summed E-state index contributed by atoms with van der Waals surface area (Å²) in [5, 5.41) is 0. The molecular weight excluding hydrogens is 797 g/mol. The maximum absolute atomic E-state index is 11.8. The molecule has 0 aliphatic carbocycles. The van der Waals surface area contributed by atoms with Gasteiger partial charge in [-0.1, -0.05) is 133 Å². The molecule has 10 heteroatoms. The summed E-state index contributed by atoms with van der Waals surface area (Å²) in [6.45, 7) is 5.23. The summed E-state index contributed by atoms with van der Waals surface area (Å²) in [5.41, 5.74) is 5.88. The average Bonchev–Trinajstić information content (AvgIpc) is 3.34. The molecule has 0 aliphatic rings. The summed E-state index contributed by atoms with van der Waals surface area (Å²) in [4.78, 5) is 45.3. The first-order chi connectivity index (χ1) is 30.8. The Kier molecular flexibility index (Phi) is 21.0. The van der Waals surface area contributed by atoms with Crippen LogP contribution in [-0.4, -0.2) is 45.5 Å². The number of ether oxygens (including phenoxy) is 6. The highest BCUT2D eigenvalue weighted by Gasteiger charge is 2.21. The molecule has 6 aromatic carbocycles. The number of hydrogen-bond donors (Lipinski definition) is 0. The van der Waals surface area contributed by atoms with Gasteiger partial charge < -0.3 is 33.2 Å². The van der Waals surface area contributed by atoms with Gasteiger partial charge in [0.05, 0.1) is 39.6 Å². The van der Waals surface area contributed by atoms with Gasteiger partial charge >= 0.3 is 17.9 Å². The molecule has 0 amide bonds. The van der Waals surface area contributed by atoms with E-state index in [2.05, 4.69) is 11.3 Å². The fourth-order valence-corrected chi connectivity index (χ4v) is 6.04. The Balaban J connectivity index is 0.000000208. The van der Waals surface area contributed by atoms with Gasteiger partial charge in [-0.05, 0) is 76.2 Å². The lowest BCUT2D eigenvalue weighted by molar-refractivity contribution is -0.143. The molecule has 63 heavy (non-hydrogen) atoms. The number of esters is 3. The van der Waals surface area contributed by atoms with Crippen LogP contribution in [0.3, 0.4) is 0 Å². The predicted octanol–water partition coefficient (Wildman–Crippen LogP) is 10.2. The van der Waals surface area contributed by atoms with E-state index in [0.29, 0.717) is 32.0 Å². The van der Waals surface area contributed by atoms with E-state index in [0.717, 1.165) is 51.2 Å². The second-order valence-corrected chi connectivity index (χ2v) is 13.9. The Hall–Kier alpha value is -7.46. The standard InChI is InChI=1S/C19H20O3.C18H18O4.C16H16O3/c1-3-7-18(19(20)21-2)16-10-12-17(13-11-16)22-14-15-8-5-4-6-9-15;1-21-18(20)17(11-12-19)15-7-9-16(10-8-15)22-13-14-5-3-2-4-6-14;1-18-16(17)11-13-7-9-15(10-8-13)19-12-14-5-3-2-4-6-14/h3-6,8-13,18H,1,7,14H2,2H3;2-10,12,17H,11,13H2,1H3;2-10H,11-12H2,1H3. The number of methoxy groups -OCH3 is 3. The average molecular weight is 851 g/mol. The molecule has 2 unspecified atom stereocenters. The van der Waals surface area contributed by atoms with Crippen LogP contribution >= 0.6 is 0 Å². The molecule has 0 bridgehead atoms. The smallest absolute Gasteiger partial charge is 0.313 e. The molecule has 0 fully saturated rings. The summed E-state index contributed by atoms with van der Waals surface area (Å²) in [5.74, 6) is 0.492. The topological polar surface area (TPSA) is 124 Å². The van der Waals surface area contributed by atoms with Crippen molar-refractivity contribution in [2.24, 2.45) is 0 Å². The summed E-state index contributed by atoms with van der Waals surface area (Å²) >= 11 is 0. The van der Waals surface area contributed by atoms with Crippen LogP contribution in [-0.2, 0) is 59.6 Å². The third kappa shape index (κ3) is 17.2. The molecular formula is C53H54O10. The van der Waals surface area contributed by atoms with Gasteiger partial charge in [-0.15, -0.1) is 6.58 Å². The van der Waals surface area contributed by atoms with Crippen LogP contribution in [0.15, 0.2) is 176 Å². The molecule has 0 heterocycles. The Labute approximate surface area is 370 Å². The maximum Gasteiger partial charge on any atom is 0.313 e. The van der Waals surface area contributed by atoms with Crippen LogP contribution in [0.25, 0.3) is 0 Å². The first-order valence-corrected chi connectivity index (χ1v) is 20.3. The lowest BCUT2D eigenvalue weighted by atomic mass is 9.96. The minimum Gasteiger partial charge on any atom is -0.489 e. The number of carbonyl (C=O) groups excluding carboxylic acids is 4. The highest BCUT2D eigenvalue weighted by atomic mass is 16.5. The molecule has 6 rings (SSSR count). The molecule has 0 aliphatic heterocycles. The van der Waals surface area contributed by atoms with Gasteiger partial charge in [0, 0.05) is 6.42 Å². The molecule has 0 N–H and O–H groups in total. The van der Waals surface area contributed by atoms with Crippen LogP contribution in [0.5, 0.6) is 17.2 Å². The van der Waals surface area contributed by atoms with E-state index in [1.807, 2.05) is 140 Å². The Morgan fingerprint density at radius 2 is 0.810 bits per heavy atom. The largest absolute Gasteiger partial charge is 0.489 e. The van der Waals surface area contributed by atoms with Gasteiger partial charge in [0.2, 0.25) is 0 Å². The van der Waals surface area contributed by atoms with E-state index >= 15 is 0 Å². The van der Waals surface area contributed by atoms with Crippen LogP contribution in [0.2, 0.25) is 0 Å².